The van der Waals surface area contributed by atoms with Crippen molar-refractivity contribution in [1.29, 1.82) is 0 Å². The maximum atomic E-state index is 12.6. The minimum Gasteiger partial charge on any atom is -0.491 e. The van der Waals surface area contributed by atoms with E-state index in [0.29, 0.717) is 37.6 Å². The van der Waals surface area contributed by atoms with Crippen LogP contribution in [0.25, 0.3) is 0 Å². The number of carbonyl (C=O) groups excluding carboxylic acids is 2. The van der Waals surface area contributed by atoms with Gasteiger partial charge in [0.25, 0.3) is 11.8 Å². The molecule has 0 fully saturated rings. The predicted octanol–water partition coefficient (Wildman–Crippen LogP) is 0.816. The lowest BCUT2D eigenvalue weighted by Gasteiger charge is -2.30. The zero-order valence-electron chi connectivity index (χ0n) is 15.9. The number of para-hydroxylation sites is 1. The minimum atomic E-state index is -0.328. The van der Waals surface area contributed by atoms with Crippen LogP contribution in [0.15, 0.2) is 41.3 Å². The van der Waals surface area contributed by atoms with E-state index < -0.39 is 0 Å². The first-order valence-corrected chi connectivity index (χ1v) is 9.02. The quantitative estimate of drug-likeness (QED) is 0.762. The maximum Gasteiger partial charge on any atom is 0.270 e. The van der Waals surface area contributed by atoms with Crippen LogP contribution in [0.4, 0.5) is 0 Å². The van der Waals surface area contributed by atoms with Gasteiger partial charge in [0.05, 0.1) is 13.3 Å². The van der Waals surface area contributed by atoms with E-state index in [0.717, 1.165) is 5.56 Å². The Kier molecular flexibility index (Phi) is 5.98. The molecule has 1 aliphatic rings. The van der Waals surface area contributed by atoms with Crippen LogP contribution in [0, 0.1) is 6.92 Å². The molecule has 148 valence electrons. The number of fused-ring (bicyclic) bond motifs is 1. The monoisotopic (exact) mass is 385 g/mol. The molecule has 1 aliphatic heterocycles. The third-order valence-electron chi connectivity index (χ3n) is 4.59. The molecular weight excluding hydrogens is 362 g/mol. The molecule has 0 saturated heterocycles. The Morgan fingerprint density at radius 3 is 2.71 bits per heavy atom. The van der Waals surface area contributed by atoms with Gasteiger partial charge in [-0.2, -0.15) is 0 Å². The van der Waals surface area contributed by atoms with E-state index in [4.69, 9.17) is 9.47 Å². The second-order valence-electron chi connectivity index (χ2n) is 6.48. The SMILES string of the molecule is COc1cn2c(cc1=O)C(=O)N(CCNC(=O)COc1ccccc1C)CC2. The van der Waals surface area contributed by atoms with Crippen molar-refractivity contribution < 1.29 is 19.1 Å². The number of ether oxygens (including phenoxy) is 2. The lowest BCUT2D eigenvalue weighted by molar-refractivity contribution is -0.123. The van der Waals surface area contributed by atoms with Crippen LogP contribution in [0.1, 0.15) is 16.1 Å². The van der Waals surface area contributed by atoms with E-state index >= 15 is 0 Å². The van der Waals surface area contributed by atoms with Gasteiger partial charge in [-0.3, -0.25) is 14.4 Å². The van der Waals surface area contributed by atoms with Gasteiger partial charge in [0.15, 0.2) is 12.4 Å². The summed E-state index contributed by atoms with van der Waals surface area (Å²) >= 11 is 0. The van der Waals surface area contributed by atoms with E-state index in [9.17, 15) is 14.4 Å². The zero-order chi connectivity index (χ0) is 20.1. The Bertz CT molecular complexity index is 938. The van der Waals surface area contributed by atoms with Crippen molar-refractivity contribution >= 4 is 11.8 Å². The molecule has 0 radical (unpaired) electrons. The van der Waals surface area contributed by atoms with E-state index in [1.165, 1.54) is 13.2 Å². The zero-order valence-corrected chi connectivity index (χ0v) is 15.9. The molecule has 2 amide bonds. The number of methoxy groups -OCH3 is 1. The highest BCUT2D eigenvalue weighted by atomic mass is 16.5. The average molecular weight is 385 g/mol. The molecule has 0 bridgehead atoms. The number of amides is 2. The van der Waals surface area contributed by atoms with Gasteiger partial charge in [0.2, 0.25) is 5.43 Å². The normalized spacial score (nSPS) is 13.1. The first-order chi connectivity index (χ1) is 13.5. The number of hydrogen-bond donors (Lipinski definition) is 1. The van der Waals surface area contributed by atoms with Crippen LogP contribution in [0.2, 0.25) is 0 Å². The van der Waals surface area contributed by atoms with Crippen molar-refractivity contribution in [2.45, 2.75) is 13.5 Å². The van der Waals surface area contributed by atoms with Gasteiger partial charge in [0.1, 0.15) is 11.4 Å². The summed E-state index contributed by atoms with van der Waals surface area (Å²) in [5.74, 6) is 0.387. The van der Waals surface area contributed by atoms with Crippen LogP contribution < -0.4 is 20.2 Å². The summed E-state index contributed by atoms with van der Waals surface area (Å²) < 4.78 is 12.2. The third kappa shape index (κ3) is 4.33. The van der Waals surface area contributed by atoms with Crippen LogP contribution in [-0.4, -0.2) is 54.6 Å². The van der Waals surface area contributed by atoms with E-state index in [1.54, 1.807) is 15.7 Å². The second kappa shape index (κ2) is 8.60. The summed E-state index contributed by atoms with van der Waals surface area (Å²) in [6, 6.07) is 8.76. The van der Waals surface area contributed by atoms with E-state index in [-0.39, 0.29) is 29.6 Å². The first kappa shape index (κ1) is 19.5. The molecule has 1 aromatic heterocycles. The molecule has 0 saturated carbocycles. The highest BCUT2D eigenvalue weighted by molar-refractivity contribution is 5.93. The lowest BCUT2D eigenvalue weighted by Crippen LogP contribution is -2.45. The fraction of sp³-hybridized carbons (Fsp3) is 0.350. The molecule has 0 unspecified atom stereocenters. The molecule has 1 aromatic carbocycles. The molecule has 28 heavy (non-hydrogen) atoms. The van der Waals surface area contributed by atoms with E-state index in [1.807, 2.05) is 31.2 Å². The van der Waals surface area contributed by atoms with Gasteiger partial charge in [-0.05, 0) is 18.6 Å². The smallest absolute Gasteiger partial charge is 0.270 e. The average Bonchev–Trinajstić information content (AvgIpc) is 2.69. The minimum absolute atomic E-state index is 0.0865. The highest BCUT2D eigenvalue weighted by Gasteiger charge is 2.24. The largest absolute Gasteiger partial charge is 0.491 e. The van der Waals surface area contributed by atoms with Crippen molar-refractivity contribution in [2.75, 3.05) is 33.4 Å². The van der Waals surface area contributed by atoms with Crippen LogP contribution in [0.3, 0.4) is 0 Å². The van der Waals surface area contributed by atoms with Crippen molar-refractivity contribution in [3.8, 4) is 11.5 Å². The van der Waals surface area contributed by atoms with Gasteiger partial charge in [0, 0.05) is 32.2 Å². The maximum absolute atomic E-state index is 12.6. The number of aromatic nitrogens is 1. The Hall–Kier alpha value is -3.29. The van der Waals surface area contributed by atoms with E-state index in [2.05, 4.69) is 5.32 Å². The van der Waals surface area contributed by atoms with Crippen molar-refractivity contribution in [3.63, 3.8) is 0 Å². The number of rotatable bonds is 7. The molecule has 2 aromatic rings. The number of nitrogens with zero attached hydrogens (tertiary/aromatic N) is 2. The number of hydrogen-bond acceptors (Lipinski definition) is 5. The Morgan fingerprint density at radius 2 is 1.96 bits per heavy atom. The molecule has 0 aliphatic carbocycles. The molecule has 1 N–H and O–H groups in total. The van der Waals surface area contributed by atoms with Crippen molar-refractivity contribution in [2.24, 2.45) is 0 Å². The summed E-state index contributed by atoms with van der Waals surface area (Å²) in [6.45, 7) is 3.54. The number of nitrogens with one attached hydrogen (secondary N) is 1. The molecule has 8 nitrogen and oxygen atoms in total. The summed E-state index contributed by atoms with van der Waals surface area (Å²) in [5, 5.41) is 2.75. The predicted molar refractivity (Wildman–Crippen MR) is 103 cm³/mol. The van der Waals surface area contributed by atoms with Crippen molar-refractivity contribution in [3.05, 3.63) is 58.0 Å². The number of aryl methyl sites for hydroxylation is 1. The topological polar surface area (TPSA) is 89.9 Å². The van der Waals surface area contributed by atoms with Gasteiger partial charge in [-0.25, -0.2) is 0 Å². The summed E-state index contributed by atoms with van der Waals surface area (Å²) in [7, 11) is 1.42. The van der Waals surface area contributed by atoms with Gasteiger partial charge in [-0.1, -0.05) is 18.2 Å². The Morgan fingerprint density at radius 1 is 1.18 bits per heavy atom. The summed E-state index contributed by atoms with van der Waals surface area (Å²) in [6.07, 6.45) is 1.55. The summed E-state index contributed by atoms with van der Waals surface area (Å²) in [4.78, 5) is 38.1. The summed E-state index contributed by atoms with van der Waals surface area (Å²) in [5.41, 5.74) is 0.955. The molecule has 0 atom stereocenters. The fourth-order valence-electron chi connectivity index (χ4n) is 3.02. The number of pyridine rings is 1. The standard InChI is InChI=1S/C20H23N3O5/c1-14-5-3-4-6-17(14)28-13-19(25)21-7-8-22-9-10-23-12-18(27-2)16(24)11-15(23)20(22)26/h3-6,11-12H,7-10,13H2,1-2H3,(H,21,25). The molecular formula is C20H23N3O5. The van der Waals surface area contributed by atoms with Gasteiger partial charge in [-0.15, -0.1) is 0 Å². The van der Waals surface area contributed by atoms with Crippen LogP contribution in [-0.2, 0) is 11.3 Å². The lowest BCUT2D eigenvalue weighted by atomic mass is 10.2. The highest BCUT2D eigenvalue weighted by Crippen LogP contribution is 2.16. The first-order valence-electron chi connectivity index (χ1n) is 9.02. The Balaban J connectivity index is 1.49. The third-order valence-corrected chi connectivity index (χ3v) is 4.59. The number of carbonyl (C=O) groups is 2. The van der Waals surface area contributed by atoms with Crippen LogP contribution in [0.5, 0.6) is 11.5 Å². The molecule has 3 rings (SSSR count). The van der Waals surface area contributed by atoms with Gasteiger partial charge < -0.3 is 24.3 Å². The molecule has 2 heterocycles. The van der Waals surface area contributed by atoms with Crippen molar-refractivity contribution in [1.82, 2.24) is 14.8 Å². The second-order valence-corrected chi connectivity index (χ2v) is 6.48. The van der Waals surface area contributed by atoms with Crippen LogP contribution >= 0.6 is 0 Å². The van der Waals surface area contributed by atoms with Gasteiger partial charge >= 0.3 is 0 Å². The fourth-order valence-corrected chi connectivity index (χ4v) is 3.02. The Labute approximate surface area is 162 Å². The molecule has 0 spiro atoms. The molecule has 8 heteroatoms. The number of benzene rings is 1.